The second kappa shape index (κ2) is 3.82. The second-order valence-electron chi connectivity index (χ2n) is 6.27. The van der Waals surface area contributed by atoms with Gasteiger partial charge in [-0.05, 0) is 46.0 Å². The molecule has 1 heterocycles. The Morgan fingerprint density at radius 1 is 1.41 bits per heavy atom. The molecule has 0 bridgehead atoms. The van der Waals surface area contributed by atoms with Crippen LogP contribution in [0.3, 0.4) is 0 Å². The fourth-order valence-corrected chi connectivity index (χ4v) is 3.90. The Labute approximate surface area is 103 Å². The molecule has 1 saturated heterocycles. The van der Waals surface area contributed by atoms with Crippen LogP contribution < -0.4 is 0 Å². The fourth-order valence-electron chi connectivity index (χ4n) is 3.90. The first-order valence-corrected chi connectivity index (χ1v) is 6.53. The molecule has 0 aromatic carbocycles. The van der Waals surface area contributed by atoms with Gasteiger partial charge in [-0.2, -0.15) is 0 Å². The smallest absolute Gasteiger partial charge is 0.313 e. The van der Waals surface area contributed by atoms with Crippen molar-refractivity contribution < 1.29 is 14.3 Å². The van der Waals surface area contributed by atoms with Crippen molar-refractivity contribution in [3.8, 4) is 0 Å². The van der Waals surface area contributed by atoms with Crippen LogP contribution in [-0.2, 0) is 14.3 Å². The van der Waals surface area contributed by atoms with E-state index in [1.165, 1.54) is 0 Å². The Morgan fingerprint density at radius 3 is 2.65 bits per heavy atom. The van der Waals surface area contributed by atoms with Gasteiger partial charge in [-0.1, -0.05) is 6.92 Å². The topological polar surface area (TPSA) is 43.4 Å². The molecule has 0 unspecified atom stereocenters. The van der Waals surface area contributed by atoms with E-state index < -0.39 is 5.41 Å². The van der Waals surface area contributed by atoms with Gasteiger partial charge in [-0.25, -0.2) is 0 Å². The standard InChI is InChI=1S/C14H22O3/c1-9-5-6-11-13(3,4)17-12(16)14(9,11)8-7-10(2)15/h9,11H,5-8H2,1-4H3/t9-,11+,14+/m1/s1. The Hall–Kier alpha value is -0.860. The van der Waals surface area contributed by atoms with Crippen LogP contribution in [0.2, 0.25) is 0 Å². The number of ether oxygens (including phenoxy) is 1. The summed E-state index contributed by atoms with van der Waals surface area (Å²) in [5.41, 5.74) is -0.756. The Kier molecular flexibility index (Phi) is 2.83. The predicted molar refractivity (Wildman–Crippen MR) is 64.4 cm³/mol. The lowest BCUT2D eigenvalue weighted by molar-refractivity contribution is -0.154. The van der Waals surface area contributed by atoms with Gasteiger partial charge in [-0.15, -0.1) is 0 Å². The summed E-state index contributed by atoms with van der Waals surface area (Å²) in [5.74, 6) is 0.700. The molecule has 0 radical (unpaired) electrons. The number of carbonyl (C=O) groups excluding carboxylic acids is 2. The highest BCUT2D eigenvalue weighted by Gasteiger charge is 2.65. The zero-order chi connectivity index (χ0) is 12.8. The van der Waals surface area contributed by atoms with Gasteiger partial charge in [0.05, 0.1) is 5.41 Å². The highest BCUT2D eigenvalue weighted by Crippen LogP contribution is 2.60. The molecule has 3 nitrogen and oxygen atoms in total. The summed E-state index contributed by atoms with van der Waals surface area (Å²) in [6, 6.07) is 0. The second-order valence-corrected chi connectivity index (χ2v) is 6.27. The molecule has 3 atom stereocenters. The monoisotopic (exact) mass is 238 g/mol. The van der Waals surface area contributed by atoms with Crippen LogP contribution in [-0.4, -0.2) is 17.4 Å². The van der Waals surface area contributed by atoms with Gasteiger partial charge < -0.3 is 9.53 Å². The third kappa shape index (κ3) is 1.71. The number of cyclic esters (lactones) is 1. The van der Waals surface area contributed by atoms with Crippen molar-refractivity contribution in [2.45, 2.75) is 59.0 Å². The lowest BCUT2D eigenvalue weighted by atomic mass is 9.67. The fraction of sp³-hybridized carbons (Fsp3) is 0.857. The minimum Gasteiger partial charge on any atom is -0.459 e. The molecule has 0 spiro atoms. The van der Waals surface area contributed by atoms with Gasteiger partial charge in [-0.3, -0.25) is 4.79 Å². The van der Waals surface area contributed by atoms with E-state index in [1.54, 1.807) is 6.92 Å². The molecule has 0 aromatic rings. The number of esters is 1. The SMILES string of the molecule is CC(=O)CC[C@@]12C(=O)OC(C)(C)[C@@H]1CC[C@H]2C. The molecular weight excluding hydrogens is 216 g/mol. The van der Waals surface area contributed by atoms with Crippen LogP contribution in [0, 0.1) is 17.3 Å². The number of rotatable bonds is 3. The van der Waals surface area contributed by atoms with E-state index in [0.29, 0.717) is 18.8 Å². The maximum absolute atomic E-state index is 12.3. The van der Waals surface area contributed by atoms with Gasteiger partial charge in [0.2, 0.25) is 0 Å². The highest BCUT2D eigenvalue weighted by molar-refractivity contribution is 5.83. The molecule has 1 aliphatic carbocycles. The third-order valence-electron chi connectivity index (χ3n) is 4.86. The van der Waals surface area contributed by atoms with Gasteiger partial charge in [0.15, 0.2) is 0 Å². The Morgan fingerprint density at radius 2 is 2.06 bits per heavy atom. The van der Waals surface area contributed by atoms with E-state index in [2.05, 4.69) is 6.92 Å². The third-order valence-corrected chi connectivity index (χ3v) is 4.86. The number of hydrogen-bond acceptors (Lipinski definition) is 3. The summed E-state index contributed by atoms with van der Waals surface area (Å²) in [5, 5.41) is 0. The lowest BCUT2D eigenvalue weighted by Crippen LogP contribution is -2.37. The van der Waals surface area contributed by atoms with E-state index in [-0.39, 0.29) is 23.3 Å². The van der Waals surface area contributed by atoms with Crippen LogP contribution in [0.1, 0.15) is 53.4 Å². The Balaban J connectivity index is 2.31. The quantitative estimate of drug-likeness (QED) is 0.710. The number of ketones is 1. The average molecular weight is 238 g/mol. The molecule has 3 heteroatoms. The highest BCUT2D eigenvalue weighted by atomic mass is 16.6. The molecule has 96 valence electrons. The molecule has 1 saturated carbocycles. The van der Waals surface area contributed by atoms with E-state index >= 15 is 0 Å². The van der Waals surface area contributed by atoms with Crippen molar-refractivity contribution in [3.05, 3.63) is 0 Å². The number of fused-ring (bicyclic) bond motifs is 1. The first-order chi connectivity index (χ1) is 7.80. The van der Waals surface area contributed by atoms with Crippen molar-refractivity contribution in [1.82, 2.24) is 0 Å². The van der Waals surface area contributed by atoms with Crippen molar-refractivity contribution in [2.24, 2.45) is 17.3 Å². The summed E-state index contributed by atoms with van der Waals surface area (Å²) in [6.07, 6.45) is 3.27. The van der Waals surface area contributed by atoms with E-state index in [1.807, 2.05) is 13.8 Å². The van der Waals surface area contributed by atoms with Gasteiger partial charge in [0, 0.05) is 12.3 Å². The van der Waals surface area contributed by atoms with E-state index in [4.69, 9.17) is 4.74 Å². The van der Waals surface area contributed by atoms with Crippen molar-refractivity contribution >= 4 is 11.8 Å². The summed E-state index contributed by atoms with van der Waals surface area (Å²) in [7, 11) is 0. The first kappa shape index (κ1) is 12.6. The van der Waals surface area contributed by atoms with Crippen LogP contribution in [0.25, 0.3) is 0 Å². The Bertz CT molecular complexity index is 358. The summed E-state index contributed by atoms with van der Waals surface area (Å²) >= 11 is 0. The van der Waals surface area contributed by atoms with Crippen LogP contribution in [0.4, 0.5) is 0 Å². The number of Topliss-reactive ketones (excluding diaryl/α,β-unsaturated/α-hetero) is 1. The van der Waals surface area contributed by atoms with Gasteiger partial charge in [0.1, 0.15) is 11.4 Å². The number of hydrogen-bond donors (Lipinski definition) is 0. The molecule has 2 rings (SSSR count). The molecule has 0 aromatic heterocycles. The lowest BCUT2D eigenvalue weighted by Gasteiger charge is -2.31. The van der Waals surface area contributed by atoms with Crippen molar-refractivity contribution in [3.63, 3.8) is 0 Å². The minimum absolute atomic E-state index is 0.0706. The van der Waals surface area contributed by atoms with Crippen molar-refractivity contribution in [2.75, 3.05) is 0 Å². The normalized spacial score (nSPS) is 38.9. The van der Waals surface area contributed by atoms with Crippen LogP contribution in [0.15, 0.2) is 0 Å². The average Bonchev–Trinajstić information content (AvgIpc) is 2.62. The maximum atomic E-state index is 12.3. The molecule has 17 heavy (non-hydrogen) atoms. The van der Waals surface area contributed by atoms with Crippen molar-refractivity contribution in [1.29, 1.82) is 0 Å². The maximum Gasteiger partial charge on any atom is 0.313 e. The van der Waals surface area contributed by atoms with Crippen LogP contribution in [0.5, 0.6) is 0 Å². The first-order valence-electron chi connectivity index (χ1n) is 6.53. The summed E-state index contributed by atoms with van der Waals surface area (Å²) in [4.78, 5) is 23.5. The summed E-state index contributed by atoms with van der Waals surface area (Å²) in [6.45, 7) is 7.73. The minimum atomic E-state index is -0.394. The largest absolute Gasteiger partial charge is 0.459 e. The zero-order valence-corrected chi connectivity index (χ0v) is 11.2. The molecule has 0 N–H and O–H groups in total. The molecule has 2 aliphatic rings. The van der Waals surface area contributed by atoms with Crippen LogP contribution >= 0.6 is 0 Å². The van der Waals surface area contributed by atoms with Gasteiger partial charge >= 0.3 is 5.97 Å². The zero-order valence-electron chi connectivity index (χ0n) is 11.2. The molecular formula is C14H22O3. The molecule has 2 fully saturated rings. The molecule has 0 amide bonds. The van der Waals surface area contributed by atoms with E-state index in [9.17, 15) is 9.59 Å². The van der Waals surface area contributed by atoms with E-state index in [0.717, 1.165) is 12.8 Å². The van der Waals surface area contributed by atoms with Gasteiger partial charge in [0.25, 0.3) is 0 Å². The molecule has 1 aliphatic heterocycles. The summed E-state index contributed by atoms with van der Waals surface area (Å²) < 4.78 is 5.57. The number of carbonyl (C=O) groups is 2. The predicted octanol–water partition coefficient (Wildman–Crippen LogP) is 2.72.